The average Bonchev–Trinajstić information content (AvgIpc) is 3.30. The highest BCUT2D eigenvalue weighted by Gasteiger charge is 2.17. The minimum atomic E-state index is -0.122. The van der Waals surface area contributed by atoms with E-state index in [1.807, 2.05) is 32.9 Å². The monoisotopic (exact) mass is 435 g/mol. The van der Waals surface area contributed by atoms with Crippen molar-refractivity contribution < 1.29 is 14.3 Å². The van der Waals surface area contributed by atoms with Gasteiger partial charge in [0, 0.05) is 18.2 Å². The van der Waals surface area contributed by atoms with Gasteiger partial charge in [-0.25, -0.2) is 4.68 Å². The standard InChI is InChI=1S/C22H25N7O3/c1-13-17(7-11-22(30)23-18-12-16(31-4)6-8-19(18)32-5)14(2)28(26-13)21-10-9-20-25-24-15(3)29(20)27-21/h6,8-10,12H,7,11H2,1-5H3,(H,23,30). The van der Waals surface area contributed by atoms with Gasteiger partial charge in [0.15, 0.2) is 17.3 Å². The van der Waals surface area contributed by atoms with Crippen molar-refractivity contribution in [1.82, 2.24) is 29.6 Å². The first-order chi connectivity index (χ1) is 15.4. The number of ether oxygens (including phenoxy) is 2. The predicted molar refractivity (Wildman–Crippen MR) is 119 cm³/mol. The number of anilines is 1. The number of benzene rings is 1. The number of methoxy groups -OCH3 is 2. The largest absolute Gasteiger partial charge is 0.497 e. The first-order valence-electron chi connectivity index (χ1n) is 10.2. The Labute approximate surface area is 185 Å². The van der Waals surface area contributed by atoms with Crippen molar-refractivity contribution >= 4 is 17.2 Å². The second-order valence-corrected chi connectivity index (χ2v) is 7.38. The molecule has 0 unspecified atom stereocenters. The Balaban J connectivity index is 1.51. The van der Waals surface area contributed by atoms with E-state index in [-0.39, 0.29) is 5.91 Å². The SMILES string of the molecule is COc1ccc(OC)c(NC(=O)CCc2c(C)nn(-c3ccc4nnc(C)n4n3)c2C)c1. The third-order valence-corrected chi connectivity index (χ3v) is 5.35. The van der Waals surface area contributed by atoms with Crippen molar-refractivity contribution in [3.8, 4) is 17.3 Å². The van der Waals surface area contributed by atoms with E-state index in [1.165, 1.54) is 0 Å². The Morgan fingerprint density at radius 1 is 1.03 bits per heavy atom. The number of rotatable bonds is 7. The zero-order chi connectivity index (χ0) is 22.8. The maximum Gasteiger partial charge on any atom is 0.224 e. The molecule has 0 fully saturated rings. The number of carbonyl (C=O) groups is 1. The van der Waals surface area contributed by atoms with Gasteiger partial charge in [-0.15, -0.1) is 15.3 Å². The molecule has 0 spiro atoms. The molecule has 3 heterocycles. The Kier molecular flexibility index (Phi) is 5.76. The lowest BCUT2D eigenvalue weighted by Gasteiger charge is -2.12. The van der Waals surface area contributed by atoms with Crippen molar-refractivity contribution in [3.63, 3.8) is 0 Å². The highest BCUT2D eigenvalue weighted by Crippen LogP contribution is 2.29. The maximum absolute atomic E-state index is 12.6. The van der Waals surface area contributed by atoms with E-state index >= 15 is 0 Å². The Morgan fingerprint density at radius 3 is 2.59 bits per heavy atom. The fourth-order valence-corrected chi connectivity index (χ4v) is 3.62. The topological polar surface area (TPSA) is 108 Å². The summed E-state index contributed by atoms with van der Waals surface area (Å²) in [6.45, 7) is 5.76. The van der Waals surface area contributed by atoms with Gasteiger partial charge in [0.1, 0.15) is 11.5 Å². The normalized spacial score (nSPS) is 11.0. The molecular formula is C22H25N7O3. The van der Waals surface area contributed by atoms with Crippen LogP contribution in [0, 0.1) is 20.8 Å². The van der Waals surface area contributed by atoms with Gasteiger partial charge >= 0.3 is 0 Å². The summed E-state index contributed by atoms with van der Waals surface area (Å²) in [5.41, 5.74) is 4.06. The third kappa shape index (κ3) is 3.98. The summed E-state index contributed by atoms with van der Waals surface area (Å²) in [6.07, 6.45) is 0.842. The number of nitrogens with one attached hydrogen (secondary N) is 1. The molecule has 3 aromatic heterocycles. The van der Waals surface area contributed by atoms with Crippen LogP contribution in [0.3, 0.4) is 0 Å². The lowest BCUT2D eigenvalue weighted by atomic mass is 10.1. The number of nitrogens with zero attached hydrogens (tertiary/aromatic N) is 6. The van der Waals surface area contributed by atoms with Gasteiger partial charge in [-0.1, -0.05) is 0 Å². The Bertz CT molecular complexity index is 1290. The zero-order valence-electron chi connectivity index (χ0n) is 18.7. The molecule has 0 saturated heterocycles. The fraction of sp³-hybridized carbons (Fsp3) is 0.318. The quantitative estimate of drug-likeness (QED) is 0.475. The van der Waals surface area contributed by atoms with E-state index in [2.05, 4.69) is 25.7 Å². The summed E-state index contributed by atoms with van der Waals surface area (Å²) >= 11 is 0. The van der Waals surface area contributed by atoms with Gasteiger partial charge in [0.05, 0.1) is 25.6 Å². The van der Waals surface area contributed by atoms with E-state index in [1.54, 1.807) is 41.6 Å². The van der Waals surface area contributed by atoms with Crippen molar-refractivity contribution in [3.05, 3.63) is 53.1 Å². The first kappa shape index (κ1) is 21.3. The van der Waals surface area contributed by atoms with Crippen LogP contribution in [0.2, 0.25) is 0 Å². The number of aromatic nitrogens is 6. The molecule has 1 N–H and O–H groups in total. The smallest absolute Gasteiger partial charge is 0.224 e. The highest BCUT2D eigenvalue weighted by molar-refractivity contribution is 5.92. The van der Waals surface area contributed by atoms with Crippen LogP contribution in [-0.4, -0.2) is 49.7 Å². The van der Waals surface area contributed by atoms with Crippen LogP contribution >= 0.6 is 0 Å². The molecule has 0 radical (unpaired) electrons. The number of hydrogen-bond acceptors (Lipinski definition) is 7. The van der Waals surface area contributed by atoms with E-state index < -0.39 is 0 Å². The minimum Gasteiger partial charge on any atom is -0.497 e. The van der Waals surface area contributed by atoms with Crippen molar-refractivity contribution in [2.45, 2.75) is 33.6 Å². The number of fused-ring (bicyclic) bond motifs is 1. The molecule has 4 rings (SSSR count). The van der Waals surface area contributed by atoms with Crippen LogP contribution in [0.5, 0.6) is 11.5 Å². The molecule has 10 nitrogen and oxygen atoms in total. The average molecular weight is 435 g/mol. The summed E-state index contributed by atoms with van der Waals surface area (Å²) in [5, 5.41) is 20.3. The van der Waals surface area contributed by atoms with Crippen molar-refractivity contribution in [1.29, 1.82) is 0 Å². The molecule has 0 aliphatic carbocycles. The van der Waals surface area contributed by atoms with Gasteiger partial charge in [-0.2, -0.15) is 9.61 Å². The zero-order valence-corrected chi connectivity index (χ0v) is 18.7. The molecule has 4 aromatic rings. The van der Waals surface area contributed by atoms with Crippen LogP contribution in [0.25, 0.3) is 11.5 Å². The molecule has 0 bridgehead atoms. The first-order valence-corrected chi connectivity index (χ1v) is 10.2. The number of carbonyl (C=O) groups excluding carboxylic acids is 1. The van der Waals surface area contributed by atoms with Crippen LogP contribution in [-0.2, 0) is 11.2 Å². The fourth-order valence-electron chi connectivity index (χ4n) is 3.62. The van der Waals surface area contributed by atoms with Crippen molar-refractivity contribution in [2.75, 3.05) is 19.5 Å². The van der Waals surface area contributed by atoms with Gasteiger partial charge < -0.3 is 14.8 Å². The van der Waals surface area contributed by atoms with E-state index in [4.69, 9.17) is 9.47 Å². The van der Waals surface area contributed by atoms with Crippen LogP contribution < -0.4 is 14.8 Å². The lowest BCUT2D eigenvalue weighted by Crippen LogP contribution is -2.13. The summed E-state index contributed by atoms with van der Waals surface area (Å²) in [7, 11) is 3.14. The summed E-state index contributed by atoms with van der Waals surface area (Å²) < 4.78 is 14.0. The van der Waals surface area contributed by atoms with E-state index in [9.17, 15) is 4.79 Å². The van der Waals surface area contributed by atoms with E-state index in [0.717, 1.165) is 17.0 Å². The van der Waals surface area contributed by atoms with Crippen LogP contribution in [0.1, 0.15) is 29.2 Å². The molecule has 32 heavy (non-hydrogen) atoms. The lowest BCUT2D eigenvalue weighted by molar-refractivity contribution is -0.116. The van der Waals surface area contributed by atoms with Crippen LogP contribution in [0.15, 0.2) is 30.3 Å². The molecule has 10 heteroatoms. The molecule has 0 aliphatic heterocycles. The maximum atomic E-state index is 12.6. The summed E-state index contributed by atoms with van der Waals surface area (Å²) in [4.78, 5) is 12.6. The molecule has 0 aliphatic rings. The van der Waals surface area contributed by atoms with Crippen LogP contribution in [0.4, 0.5) is 5.69 Å². The minimum absolute atomic E-state index is 0.122. The van der Waals surface area contributed by atoms with Gasteiger partial charge in [-0.3, -0.25) is 4.79 Å². The molecule has 166 valence electrons. The molecule has 1 aromatic carbocycles. The van der Waals surface area contributed by atoms with Crippen molar-refractivity contribution in [2.24, 2.45) is 0 Å². The molecule has 0 atom stereocenters. The molecule has 1 amide bonds. The van der Waals surface area contributed by atoms with Gasteiger partial charge in [-0.05, 0) is 57.0 Å². The van der Waals surface area contributed by atoms with E-state index in [0.29, 0.717) is 47.3 Å². The highest BCUT2D eigenvalue weighted by atomic mass is 16.5. The number of hydrogen-bond donors (Lipinski definition) is 1. The van der Waals surface area contributed by atoms with Gasteiger partial charge in [0.25, 0.3) is 0 Å². The Hall–Kier alpha value is -3.95. The number of aryl methyl sites for hydroxylation is 2. The molecule has 0 saturated carbocycles. The summed E-state index contributed by atoms with van der Waals surface area (Å²) in [6, 6.07) is 8.98. The predicted octanol–water partition coefficient (Wildman–Crippen LogP) is 2.82. The second kappa shape index (κ2) is 8.66. The second-order valence-electron chi connectivity index (χ2n) is 7.38. The number of amides is 1. The third-order valence-electron chi connectivity index (χ3n) is 5.35. The van der Waals surface area contributed by atoms with Gasteiger partial charge in [0.2, 0.25) is 5.91 Å². The Morgan fingerprint density at radius 2 is 1.84 bits per heavy atom. The summed E-state index contributed by atoms with van der Waals surface area (Å²) in [5.74, 6) is 2.46. The molecular weight excluding hydrogens is 410 g/mol.